The molecule has 0 amide bonds. The van der Waals surface area contributed by atoms with Crippen molar-refractivity contribution in [1.29, 1.82) is 0 Å². The first-order valence-corrected chi connectivity index (χ1v) is 13.5. The van der Waals surface area contributed by atoms with Gasteiger partial charge < -0.3 is 14.6 Å². The van der Waals surface area contributed by atoms with Gasteiger partial charge in [-0.25, -0.2) is 0 Å². The summed E-state index contributed by atoms with van der Waals surface area (Å²) in [6.07, 6.45) is 1.71. The number of carbonyl (C=O) groups is 2. The molecule has 0 aliphatic carbocycles. The molecule has 0 saturated carbocycles. The van der Waals surface area contributed by atoms with Crippen LogP contribution in [0.3, 0.4) is 0 Å². The SMILES string of the molecule is CCC(C)(CC(CC(C)C(=O)OC(C)(C)C(C)(C)C)c1ccc2cc(O)ccc2c1)C(=O)OC(C)(C)C. The number of phenols is 1. The number of ether oxygens (including phenoxy) is 2. The largest absolute Gasteiger partial charge is 0.508 e. The van der Waals surface area contributed by atoms with Gasteiger partial charge in [0.05, 0.1) is 11.3 Å². The predicted octanol–water partition coefficient (Wildman–Crippen LogP) is 8.17. The summed E-state index contributed by atoms with van der Waals surface area (Å²) in [6, 6.07) is 11.4. The number of phenolic OH excluding ortho intramolecular Hbond substituents is 1. The van der Waals surface area contributed by atoms with Gasteiger partial charge in [0.15, 0.2) is 0 Å². The van der Waals surface area contributed by atoms with E-state index >= 15 is 0 Å². The van der Waals surface area contributed by atoms with Crippen molar-refractivity contribution >= 4 is 22.7 Å². The maximum absolute atomic E-state index is 13.3. The van der Waals surface area contributed by atoms with Gasteiger partial charge in [0.25, 0.3) is 0 Å². The third-order valence-electron chi connectivity index (χ3n) is 7.89. The van der Waals surface area contributed by atoms with Gasteiger partial charge in [-0.1, -0.05) is 58.9 Å². The molecular formula is C32H48O5. The summed E-state index contributed by atoms with van der Waals surface area (Å²) in [5.41, 5.74) is -1.06. The van der Waals surface area contributed by atoms with Crippen LogP contribution < -0.4 is 0 Å². The predicted molar refractivity (Wildman–Crippen MR) is 151 cm³/mol. The summed E-state index contributed by atoms with van der Waals surface area (Å²) in [6.45, 7) is 21.6. The highest BCUT2D eigenvalue weighted by atomic mass is 16.6. The lowest BCUT2D eigenvalue weighted by atomic mass is 9.73. The lowest BCUT2D eigenvalue weighted by molar-refractivity contribution is -0.172. The molecule has 3 unspecified atom stereocenters. The van der Waals surface area contributed by atoms with Crippen molar-refractivity contribution in [3.63, 3.8) is 0 Å². The van der Waals surface area contributed by atoms with Crippen LogP contribution in [0, 0.1) is 16.7 Å². The first-order valence-electron chi connectivity index (χ1n) is 13.5. The van der Waals surface area contributed by atoms with Gasteiger partial charge in [-0.05, 0) is 95.2 Å². The Hall–Kier alpha value is -2.56. The number of rotatable bonds is 9. The van der Waals surface area contributed by atoms with Gasteiger partial charge in [-0.15, -0.1) is 0 Å². The summed E-state index contributed by atoms with van der Waals surface area (Å²) < 4.78 is 11.8. The number of esters is 2. The minimum absolute atomic E-state index is 0.0732. The number of carbonyl (C=O) groups excluding carboxylic acids is 2. The van der Waals surface area contributed by atoms with Crippen molar-refractivity contribution in [2.75, 3.05) is 0 Å². The van der Waals surface area contributed by atoms with E-state index in [-0.39, 0.29) is 34.9 Å². The molecule has 0 bridgehead atoms. The number of aromatic hydroxyl groups is 1. The van der Waals surface area contributed by atoms with Crippen molar-refractivity contribution in [3.8, 4) is 5.75 Å². The quantitative estimate of drug-likeness (QED) is 0.343. The van der Waals surface area contributed by atoms with Crippen LogP contribution in [-0.4, -0.2) is 28.2 Å². The topological polar surface area (TPSA) is 72.8 Å². The number of fused-ring (bicyclic) bond motifs is 1. The molecule has 0 aliphatic heterocycles. The molecular weight excluding hydrogens is 464 g/mol. The Morgan fingerprint density at radius 1 is 0.865 bits per heavy atom. The average molecular weight is 513 g/mol. The second kappa shape index (κ2) is 11.0. The van der Waals surface area contributed by atoms with Crippen LogP contribution in [-0.2, 0) is 19.1 Å². The van der Waals surface area contributed by atoms with Gasteiger partial charge >= 0.3 is 11.9 Å². The van der Waals surface area contributed by atoms with Crippen molar-refractivity contribution in [1.82, 2.24) is 0 Å². The Labute approximate surface area is 223 Å². The molecule has 0 spiro atoms. The standard InChI is InChI=1S/C32H48O5/c1-12-32(11,28(35)37-30(6,7)8)20-25(17-21(2)27(34)36-31(9,10)29(3,4)5)23-13-14-24-19-26(33)16-15-22(24)18-23/h13-16,18-19,21,25,33H,12,17,20H2,1-11H3. The first-order chi connectivity index (χ1) is 16.8. The molecule has 206 valence electrons. The van der Waals surface area contributed by atoms with Crippen LogP contribution in [0.2, 0.25) is 0 Å². The second-order valence-corrected chi connectivity index (χ2v) is 13.4. The smallest absolute Gasteiger partial charge is 0.312 e. The van der Waals surface area contributed by atoms with E-state index in [0.717, 1.165) is 16.3 Å². The zero-order chi connectivity index (χ0) is 28.4. The Morgan fingerprint density at radius 3 is 1.97 bits per heavy atom. The summed E-state index contributed by atoms with van der Waals surface area (Å²) >= 11 is 0. The van der Waals surface area contributed by atoms with Gasteiger partial charge in [-0.2, -0.15) is 0 Å². The molecule has 0 radical (unpaired) electrons. The highest BCUT2D eigenvalue weighted by molar-refractivity contribution is 5.84. The fourth-order valence-corrected chi connectivity index (χ4v) is 4.19. The van der Waals surface area contributed by atoms with E-state index < -0.39 is 16.6 Å². The Balaban J connectivity index is 2.43. The van der Waals surface area contributed by atoms with Crippen LogP contribution >= 0.6 is 0 Å². The molecule has 0 heterocycles. The second-order valence-electron chi connectivity index (χ2n) is 13.4. The van der Waals surface area contributed by atoms with Crippen molar-refractivity contribution in [3.05, 3.63) is 42.0 Å². The minimum atomic E-state index is -0.712. The Kier molecular flexibility index (Phi) is 9.16. The highest BCUT2D eigenvalue weighted by Crippen LogP contribution is 2.42. The van der Waals surface area contributed by atoms with Crippen LogP contribution in [0.25, 0.3) is 10.8 Å². The van der Waals surface area contributed by atoms with Crippen molar-refractivity contribution in [2.24, 2.45) is 16.7 Å². The first kappa shape index (κ1) is 30.7. The summed E-state index contributed by atoms with van der Waals surface area (Å²) in [5, 5.41) is 11.8. The summed E-state index contributed by atoms with van der Waals surface area (Å²) in [5.74, 6) is -0.663. The lowest BCUT2D eigenvalue weighted by Crippen LogP contribution is -2.42. The molecule has 0 aromatic heterocycles. The summed E-state index contributed by atoms with van der Waals surface area (Å²) in [4.78, 5) is 26.5. The maximum atomic E-state index is 13.3. The van der Waals surface area contributed by atoms with Crippen LogP contribution in [0.1, 0.15) is 107 Å². The van der Waals surface area contributed by atoms with Gasteiger partial charge in [0, 0.05) is 5.41 Å². The fourth-order valence-electron chi connectivity index (χ4n) is 4.19. The van der Waals surface area contributed by atoms with E-state index in [0.29, 0.717) is 19.3 Å². The lowest BCUT2D eigenvalue weighted by Gasteiger charge is -2.39. The van der Waals surface area contributed by atoms with Crippen molar-refractivity contribution < 1.29 is 24.2 Å². The molecule has 3 atom stereocenters. The monoisotopic (exact) mass is 512 g/mol. The zero-order valence-corrected chi connectivity index (χ0v) is 24.8. The van der Waals surface area contributed by atoms with E-state index in [1.807, 2.05) is 73.6 Å². The van der Waals surface area contributed by atoms with E-state index in [4.69, 9.17) is 9.47 Å². The Morgan fingerprint density at radius 2 is 1.43 bits per heavy atom. The molecule has 0 aliphatic rings. The zero-order valence-electron chi connectivity index (χ0n) is 24.8. The van der Waals surface area contributed by atoms with E-state index in [9.17, 15) is 14.7 Å². The molecule has 5 heteroatoms. The normalized spacial score (nSPS) is 16.1. The van der Waals surface area contributed by atoms with Gasteiger partial charge in [-0.3, -0.25) is 9.59 Å². The molecule has 2 rings (SSSR count). The third kappa shape index (κ3) is 7.96. The van der Waals surface area contributed by atoms with Gasteiger partial charge in [0.1, 0.15) is 17.0 Å². The van der Waals surface area contributed by atoms with E-state index in [1.165, 1.54) is 0 Å². The van der Waals surface area contributed by atoms with Crippen LogP contribution in [0.4, 0.5) is 0 Å². The number of hydrogen-bond donors (Lipinski definition) is 1. The molecule has 0 saturated heterocycles. The molecule has 0 fully saturated rings. The maximum Gasteiger partial charge on any atom is 0.312 e. The van der Waals surface area contributed by atoms with Gasteiger partial charge in [0.2, 0.25) is 0 Å². The fraction of sp³-hybridized carbons (Fsp3) is 0.625. The molecule has 2 aromatic carbocycles. The third-order valence-corrected chi connectivity index (χ3v) is 7.89. The van der Waals surface area contributed by atoms with Crippen LogP contribution in [0.5, 0.6) is 5.75 Å². The summed E-state index contributed by atoms with van der Waals surface area (Å²) in [7, 11) is 0. The number of benzene rings is 2. The van der Waals surface area contributed by atoms with Crippen molar-refractivity contribution in [2.45, 2.75) is 113 Å². The molecule has 5 nitrogen and oxygen atoms in total. The highest BCUT2D eigenvalue weighted by Gasteiger charge is 2.41. The van der Waals surface area contributed by atoms with E-state index in [2.05, 4.69) is 26.8 Å². The average Bonchev–Trinajstić information content (AvgIpc) is 2.75. The van der Waals surface area contributed by atoms with Crippen LogP contribution in [0.15, 0.2) is 36.4 Å². The van der Waals surface area contributed by atoms with E-state index in [1.54, 1.807) is 12.1 Å². The molecule has 37 heavy (non-hydrogen) atoms. The minimum Gasteiger partial charge on any atom is -0.508 e. The Bertz CT molecular complexity index is 1100. The number of hydrogen-bond acceptors (Lipinski definition) is 5. The molecule has 2 aromatic rings. The molecule has 1 N–H and O–H groups in total.